The number of hydrogen-bond acceptors (Lipinski definition) is 2. The maximum Gasteiger partial charge on any atom is 0.415 e. The molecule has 0 aliphatic heterocycles. The Morgan fingerprint density at radius 2 is 2.00 bits per heavy atom. The van der Waals surface area contributed by atoms with Crippen LogP contribution in [-0.4, -0.2) is 24.2 Å². The highest BCUT2D eigenvalue weighted by molar-refractivity contribution is 5.85. The van der Waals surface area contributed by atoms with Crippen molar-refractivity contribution in [3.8, 4) is 0 Å². The number of carbonyl (C=O) groups excluding carboxylic acids is 1. The van der Waals surface area contributed by atoms with Crippen LogP contribution in [0.2, 0.25) is 0 Å². The third-order valence-electron chi connectivity index (χ3n) is 2.50. The summed E-state index contributed by atoms with van der Waals surface area (Å²) in [5.41, 5.74) is 2.14. The van der Waals surface area contributed by atoms with Gasteiger partial charge >= 0.3 is 6.18 Å². The number of amides is 1. The summed E-state index contributed by atoms with van der Waals surface area (Å²) in [6.45, 7) is 0.969. The van der Waals surface area contributed by atoms with E-state index in [4.69, 9.17) is 5.73 Å². The first-order chi connectivity index (χ1) is 6.27. The zero-order valence-corrected chi connectivity index (χ0v) is 7.82. The lowest BCUT2D eigenvalue weighted by Gasteiger charge is -2.29. The van der Waals surface area contributed by atoms with Crippen LogP contribution >= 0.6 is 0 Å². The quantitative estimate of drug-likeness (QED) is 0.720. The monoisotopic (exact) mass is 210 g/mol. The Morgan fingerprint density at radius 3 is 2.29 bits per heavy atom. The largest absolute Gasteiger partial charge is 0.415 e. The van der Waals surface area contributed by atoms with Gasteiger partial charge in [0, 0.05) is 0 Å². The highest BCUT2D eigenvalue weighted by Gasteiger charge is 2.55. The number of primary amides is 1. The van der Waals surface area contributed by atoms with Crippen LogP contribution in [0, 0.1) is 5.92 Å². The number of carbonyl (C=O) groups is 1. The molecular weight excluding hydrogens is 197 g/mol. The first-order valence-electron chi connectivity index (χ1n) is 4.39. The molecule has 1 saturated carbocycles. The van der Waals surface area contributed by atoms with Gasteiger partial charge in [0.2, 0.25) is 5.91 Å². The molecule has 82 valence electrons. The molecule has 0 radical (unpaired) electrons. The molecule has 1 aliphatic rings. The van der Waals surface area contributed by atoms with Gasteiger partial charge in [-0.2, -0.15) is 13.2 Å². The summed E-state index contributed by atoms with van der Waals surface area (Å²) >= 11 is 0. The second-order valence-corrected chi connectivity index (χ2v) is 3.81. The van der Waals surface area contributed by atoms with Crippen molar-refractivity contribution in [3.63, 3.8) is 0 Å². The van der Waals surface area contributed by atoms with E-state index in [9.17, 15) is 18.0 Å². The van der Waals surface area contributed by atoms with Crippen LogP contribution in [0.1, 0.15) is 19.8 Å². The van der Waals surface area contributed by atoms with Crippen molar-refractivity contribution in [2.75, 3.05) is 6.54 Å². The minimum Gasteiger partial charge on any atom is -0.368 e. The highest BCUT2D eigenvalue weighted by Crippen LogP contribution is 2.33. The van der Waals surface area contributed by atoms with Gasteiger partial charge in [-0.15, -0.1) is 0 Å². The van der Waals surface area contributed by atoms with Crippen LogP contribution in [0.5, 0.6) is 0 Å². The van der Waals surface area contributed by atoms with Crippen molar-refractivity contribution < 1.29 is 18.0 Å². The molecule has 1 atom stereocenters. The van der Waals surface area contributed by atoms with E-state index < -0.39 is 17.6 Å². The predicted octanol–water partition coefficient (Wildman–Crippen LogP) is 0.792. The minimum absolute atomic E-state index is 0.193. The molecule has 0 spiro atoms. The van der Waals surface area contributed by atoms with E-state index in [-0.39, 0.29) is 12.5 Å². The molecule has 0 heterocycles. The first-order valence-corrected chi connectivity index (χ1v) is 4.39. The molecule has 1 rings (SSSR count). The van der Waals surface area contributed by atoms with E-state index >= 15 is 0 Å². The van der Waals surface area contributed by atoms with Gasteiger partial charge in [-0.3, -0.25) is 10.1 Å². The van der Waals surface area contributed by atoms with Gasteiger partial charge in [0.15, 0.2) is 5.54 Å². The maximum absolute atomic E-state index is 12.5. The van der Waals surface area contributed by atoms with Crippen molar-refractivity contribution in [1.82, 2.24) is 5.32 Å². The number of nitrogens with two attached hydrogens (primary N) is 1. The number of hydrogen-bond donors (Lipinski definition) is 2. The average molecular weight is 210 g/mol. The molecule has 0 aromatic carbocycles. The standard InChI is InChI=1S/C8H13F3N2O/c1-7(6(12)14,8(9,10)11)13-4-5-2-3-5/h5,13H,2-4H2,1H3,(H2,12,14). The summed E-state index contributed by atoms with van der Waals surface area (Å²) in [6, 6.07) is 0. The first kappa shape index (κ1) is 11.3. The van der Waals surface area contributed by atoms with Crippen molar-refractivity contribution in [1.29, 1.82) is 0 Å². The minimum atomic E-state index is -4.65. The smallest absolute Gasteiger partial charge is 0.368 e. The number of halogens is 3. The van der Waals surface area contributed by atoms with Crippen molar-refractivity contribution in [3.05, 3.63) is 0 Å². The Kier molecular flexibility index (Phi) is 2.76. The molecule has 14 heavy (non-hydrogen) atoms. The van der Waals surface area contributed by atoms with Crippen LogP contribution in [-0.2, 0) is 4.79 Å². The van der Waals surface area contributed by atoms with E-state index in [1.54, 1.807) is 0 Å². The normalized spacial score (nSPS) is 21.7. The highest BCUT2D eigenvalue weighted by atomic mass is 19.4. The number of rotatable bonds is 4. The lowest BCUT2D eigenvalue weighted by molar-refractivity contribution is -0.194. The third-order valence-corrected chi connectivity index (χ3v) is 2.50. The topological polar surface area (TPSA) is 55.1 Å². The third kappa shape index (κ3) is 2.17. The molecule has 1 aliphatic carbocycles. The summed E-state index contributed by atoms with van der Waals surface area (Å²) < 4.78 is 37.4. The van der Waals surface area contributed by atoms with Gasteiger partial charge in [-0.05, 0) is 32.2 Å². The second-order valence-electron chi connectivity index (χ2n) is 3.81. The second kappa shape index (κ2) is 3.42. The van der Waals surface area contributed by atoms with Gasteiger partial charge in [0.1, 0.15) is 0 Å². The molecular formula is C8H13F3N2O. The van der Waals surface area contributed by atoms with Crippen LogP contribution in [0.3, 0.4) is 0 Å². The van der Waals surface area contributed by atoms with Crippen LogP contribution in [0.15, 0.2) is 0 Å². The van der Waals surface area contributed by atoms with E-state index in [1.807, 2.05) is 0 Å². The zero-order valence-electron chi connectivity index (χ0n) is 7.82. The maximum atomic E-state index is 12.5. The molecule has 3 N–H and O–H groups in total. The van der Waals surface area contributed by atoms with Crippen LogP contribution < -0.4 is 11.1 Å². The van der Waals surface area contributed by atoms with Crippen molar-refractivity contribution in [2.45, 2.75) is 31.5 Å². The van der Waals surface area contributed by atoms with E-state index in [2.05, 4.69) is 5.32 Å². The molecule has 0 saturated heterocycles. The summed E-state index contributed by atoms with van der Waals surface area (Å²) in [5.74, 6) is -1.12. The van der Waals surface area contributed by atoms with Crippen LogP contribution in [0.25, 0.3) is 0 Å². The molecule has 3 nitrogen and oxygen atoms in total. The molecule has 0 aromatic heterocycles. The molecule has 1 unspecified atom stereocenters. The summed E-state index contributed by atoms with van der Waals surface area (Å²) in [6.07, 6.45) is -2.81. The van der Waals surface area contributed by atoms with E-state index in [0.29, 0.717) is 0 Å². The van der Waals surface area contributed by atoms with Gasteiger partial charge < -0.3 is 5.73 Å². The summed E-state index contributed by atoms with van der Waals surface area (Å²) in [7, 11) is 0. The zero-order chi connectivity index (χ0) is 11.0. The Labute approximate surface area is 79.8 Å². The van der Waals surface area contributed by atoms with E-state index in [0.717, 1.165) is 19.8 Å². The fourth-order valence-corrected chi connectivity index (χ4v) is 0.997. The van der Waals surface area contributed by atoms with Gasteiger partial charge in [0.25, 0.3) is 0 Å². The predicted molar refractivity (Wildman–Crippen MR) is 44.4 cm³/mol. The summed E-state index contributed by atoms with van der Waals surface area (Å²) in [4.78, 5) is 10.7. The fraction of sp³-hybridized carbons (Fsp3) is 0.875. The Bertz CT molecular complexity index is 237. The van der Waals surface area contributed by atoms with Crippen molar-refractivity contribution >= 4 is 5.91 Å². The number of nitrogens with one attached hydrogen (secondary N) is 1. The van der Waals surface area contributed by atoms with Gasteiger partial charge in [-0.25, -0.2) is 0 Å². The summed E-state index contributed by atoms with van der Waals surface area (Å²) in [5, 5.41) is 2.20. The Morgan fingerprint density at radius 1 is 1.50 bits per heavy atom. The van der Waals surface area contributed by atoms with Gasteiger partial charge in [-0.1, -0.05) is 0 Å². The Balaban J connectivity index is 2.64. The Hall–Kier alpha value is -0.780. The lowest BCUT2D eigenvalue weighted by Crippen LogP contribution is -2.63. The number of alkyl halides is 3. The lowest BCUT2D eigenvalue weighted by atomic mass is 10.0. The van der Waals surface area contributed by atoms with Crippen LogP contribution in [0.4, 0.5) is 13.2 Å². The van der Waals surface area contributed by atoms with E-state index in [1.165, 1.54) is 0 Å². The molecule has 1 amide bonds. The molecule has 1 fully saturated rings. The molecule has 0 aromatic rings. The van der Waals surface area contributed by atoms with Crippen molar-refractivity contribution in [2.24, 2.45) is 11.7 Å². The molecule has 6 heteroatoms. The average Bonchev–Trinajstić information content (AvgIpc) is 2.80. The SMILES string of the molecule is CC(NCC1CC1)(C(N)=O)C(F)(F)F. The fourth-order valence-electron chi connectivity index (χ4n) is 0.997. The molecule has 0 bridgehead atoms. The van der Waals surface area contributed by atoms with Gasteiger partial charge in [0.05, 0.1) is 0 Å².